The minimum atomic E-state index is 0.605. The molecule has 0 aromatic heterocycles. The zero-order valence-corrected chi connectivity index (χ0v) is 10.6. The average Bonchev–Trinajstić information content (AvgIpc) is 2.08. The van der Waals surface area contributed by atoms with Crippen molar-refractivity contribution in [2.45, 2.75) is 47.5 Å². The maximum Gasteiger partial charge on any atom is 0.000439 e. The highest BCUT2D eigenvalue weighted by Crippen LogP contribution is 2.37. The Hall–Kier alpha value is -0.0400. The van der Waals surface area contributed by atoms with Crippen molar-refractivity contribution in [1.82, 2.24) is 4.90 Å². The molecule has 1 fully saturated rings. The van der Waals surface area contributed by atoms with E-state index >= 15 is 0 Å². The Kier molecular flexibility index (Phi) is 4.00. The summed E-state index contributed by atoms with van der Waals surface area (Å²) in [5.74, 6) is 1.65. The van der Waals surface area contributed by atoms with Crippen LogP contribution in [0.3, 0.4) is 0 Å². The smallest absolute Gasteiger partial charge is 0.000439 e. The van der Waals surface area contributed by atoms with Gasteiger partial charge in [-0.05, 0) is 43.2 Å². The molecular weight excluding hydrogens is 170 g/mol. The van der Waals surface area contributed by atoms with Crippen molar-refractivity contribution in [1.29, 1.82) is 0 Å². The lowest BCUT2D eigenvalue weighted by atomic mass is 9.72. The fourth-order valence-electron chi connectivity index (χ4n) is 2.34. The molecule has 0 aromatic rings. The monoisotopic (exact) mass is 197 g/mol. The van der Waals surface area contributed by atoms with E-state index in [1.807, 2.05) is 0 Å². The number of nitrogens with zero attached hydrogens (tertiary/aromatic N) is 1. The lowest BCUT2D eigenvalue weighted by Gasteiger charge is -2.42. The molecule has 1 rings (SSSR count). The van der Waals surface area contributed by atoms with Gasteiger partial charge in [-0.2, -0.15) is 0 Å². The zero-order valence-electron chi connectivity index (χ0n) is 10.6. The molecular formula is C13H27N. The van der Waals surface area contributed by atoms with E-state index in [0.29, 0.717) is 5.41 Å². The van der Waals surface area contributed by atoms with Gasteiger partial charge in [0.2, 0.25) is 0 Å². The highest BCUT2D eigenvalue weighted by molar-refractivity contribution is 4.84. The first-order chi connectivity index (χ1) is 6.44. The molecule has 1 saturated heterocycles. The van der Waals surface area contributed by atoms with Crippen molar-refractivity contribution in [2.75, 3.05) is 19.6 Å². The number of likely N-dealkylation sites (tertiary alicyclic amines) is 1. The standard InChI is InChI=1S/C13H27N/c1-11(2)10-14-8-6-13(5,7-9-14)12(3)4/h11-12H,6-10H2,1-5H3. The third-order valence-electron chi connectivity index (χ3n) is 4.02. The van der Waals surface area contributed by atoms with Crippen LogP contribution in [-0.2, 0) is 0 Å². The molecule has 0 bridgehead atoms. The Balaban J connectivity index is 2.38. The van der Waals surface area contributed by atoms with Crippen molar-refractivity contribution in [2.24, 2.45) is 17.3 Å². The van der Waals surface area contributed by atoms with Crippen molar-refractivity contribution in [3.8, 4) is 0 Å². The highest BCUT2D eigenvalue weighted by Gasteiger charge is 2.32. The molecule has 0 saturated carbocycles. The van der Waals surface area contributed by atoms with Gasteiger partial charge in [0.1, 0.15) is 0 Å². The topological polar surface area (TPSA) is 3.24 Å². The predicted octanol–water partition coefficient (Wildman–Crippen LogP) is 3.40. The van der Waals surface area contributed by atoms with Crippen LogP contribution in [0.25, 0.3) is 0 Å². The number of piperidine rings is 1. The predicted molar refractivity (Wildman–Crippen MR) is 63.5 cm³/mol. The second kappa shape index (κ2) is 4.65. The summed E-state index contributed by atoms with van der Waals surface area (Å²) in [7, 11) is 0. The van der Waals surface area contributed by atoms with Crippen LogP contribution in [0.5, 0.6) is 0 Å². The van der Waals surface area contributed by atoms with Gasteiger partial charge in [-0.25, -0.2) is 0 Å². The molecule has 1 aliphatic rings. The molecule has 1 aliphatic heterocycles. The van der Waals surface area contributed by atoms with Crippen LogP contribution >= 0.6 is 0 Å². The first-order valence-corrected chi connectivity index (χ1v) is 6.16. The highest BCUT2D eigenvalue weighted by atomic mass is 15.1. The molecule has 1 heterocycles. The SMILES string of the molecule is CC(C)CN1CCC(C)(C(C)C)CC1. The number of hydrogen-bond donors (Lipinski definition) is 0. The van der Waals surface area contributed by atoms with Crippen LogP contribution in [-0.4, -0.2) is 24.5 Å². The van der Waals surface area contributed by atoms with E-state index in [-0.39, 0.29) is 0 Å². The Bertz CT molecular complexity index is 164. The normalized spacial score (nSPS) is 23.4. The van der Waals surface area contributed by atoms with Crippen molar-refractivity contribution in [3.63, 3.8) is 0 Å². The third kappa shape index (κ3) is 2.98. The van der Waals surface area contributed by atoms with E-state index in [1.54, 1.807) is 0 Å². The fraction of sp³-hybridized carbons (Fsp3) is 1.00. The van der Waals surface area contributed by atoms with Crippen LogP contribution in [0.15, 0.2) is 0 Å². The van der Waals surface area contributed by atoms with E-state index in [4.69, 9.17) is 0 Å². The average molecular weight is 197 g/mol. The van der Waals surface area contributed by atoms with E-state index in [2.05, 4.69) is 39.5 Å². The Morgan fingerprint density at radius 1 is 1.07 bits per heavy atom. The van der Waals surface area contributed by atoms with E-state index in [0.717, 1.165) is 11.8 Å². The van der Waals surface area contributed by atoms with Crippen LogP contribution < -0.4 is 0 Å². The summed E-state index contributed by atoms with van der Waals surface area (Å²) in [6.45, 7) is 15.8. The molecule has 1 nitrogen and oxygen atoms in total. The summed E-state index contributed by atoms with van der Waals surface area (Å²) in [6.07, 6.45) is 2.77. The van der Waals surface area contributed by atoms with Gasteiger partial charge in [-0.1, -0.05) is 34.6 Å². The van der Waals surface area contributed by atoms with Crippen molar-refractivity contribution in [3.05, 3.63) is 0 Å². The van der Waals surface area contributed by atoms with Crippen molar-refractivity contribution < 1.29 is 0 Å². The summed E-state index contributed by atoms with van der Waals surface area (Å²) in [5.41, 5.74) is 0.605. The molecule has 0 unspecified atom stereocenters. The molecule has 0 N–H and O–H groups in total. The van der Waals surface area contributed by atoms with Gasteiger partial charge in [0.05, 0.1) is 0 Å². The zero-order chi connectivity index (χ0) is 10.8. The molecule has 0 spiro atoms. The summed E-state index contributed by atoms with van der Waals surface area (Å²) >= 11 is 0. The molecule has 0 aromatic carbocycles. The third-order valence-corrected chi connectivity index (χ3v) is 4.02. The molecule has 84 valence electrons. The maximum absolute atomic E-state index is 2.63. The van der Waals surface area contributed by atoms with Crippen LogP contribution in [0, 0.1) is 17.3 Å². The maximum atomic E-state index is 2.63. The minimum absolute atomic E-state index is 0.605. The van der Waals surface area contributed by atoms with Crippen LogP contribution in [0.2, 0.25) is 0 Å². The molecule has 1 heteroatoms. The van der Waals surface area contributed by atoms with Gasteiger partial charge in [-0.3, -0.25) is 0 Å². The lowest BCUT2D eigenvalue weighted by molar-refractivity contribution is 0.0719. The first kappa shape index (κ1) is 12.0. The van der Waals surface area contributed by atoms with Gasteiger partial charge in [0, 0.05) is 6.54 Å². The van der Waals surface area contributed by atoms with E-state index in [1.165, 1.54) is 32.5 Å². The largest absolute Gasteiger partial charge is 0.303 e. The van der Waals surface area contributed by atoms with Crippen molar-refractivity contribution >= 4 is 0 Å². The Morgan fingerprint density at radius 3 is 1.93 bits per heavy atom. The fourth-order valence-corrected chi connectivity index (χ4v) is 2.34. The summed E-state index contributed by atoms with van der Waals surface area (Å²) in [4.78, 5) is 2.63. The molecule has 14 heavy (non-hydrogen) atoms. The lowest BCUT2D eigenvalue weighted by Crippen LogP contribution is -2.42. The number of rotatable bonds is 3. The van der Waals surface area contributed by atoms with Gasteiger partial charge < -0.3 is 4.90 Å². The van der Waals surface area contributed by atoms with E-state index < -0.39 is 0 Å². The second-order valence-corrected chi connectivity index (χ2v) is 6.00. The van der Waals surface area contributed by atoms with Gasteiger partial charge in [-0.15, -0.1) is 0 Å². The Morgan fingerprint density at radius 2 is 1.57 bits per heavy atom. The quantitative estimate of drug-likeness (QED) is 0.670. The minimum Gasteiger partial charge on any atom is -0.303 e. The van der Waals surface area contributed by atoms with Gasteiger partial charge in [0.15, 0.2) is 0 Å². The summed E-state index contributed by atoms with van der Waals surface area (Å²) < 4.78 is 0. The summed E-state index contributed by atoms with van der Waals surface area (Å²) in [6, 6.07) is 0. The summed E-state index contributed by atoms with van der Waals surface area (Å²) in [5, 5.41) is 0. The second-order valence-electron chi connectivity index (χ2n) is 6.00. The molecule has 0 atom stereocenters. The first-order valence-electron chi connectivity index (χ1n) is 6.16. The molecule has 0 radical (unpaired) electrons. The van der Waals surface area contributed by atoms with Gasteiger partial charge in [0.25, 0.3) is 0 Å². The van der Waals surface area contributed by atoms with E-state index in [9.17, 15) is 0 Å². The Labute approximate surface area is 89.9 Å². The molecule has 0 amide bonds. The van der Waals surface area contributed by atoms with Crippen LogP contribution in [0.4, 0.5) is 0 Å². The van der Waals surface area contributed by atoms with Crippen LogP contribution in [0.1, 0.15) is 47.5 Å². The number of hydrogen-bond acceptors (Lipinski definition) is 1. The molecule has 0 aliphatic carbocycles. The van der Waals surface area contributed by atoms with Gasteiger partial charge >= 0.3 is 0 Å².